The van der Waals surface area contributed by atoms with E-state index >= 15 is 0 Å². The average Bonchev–Trinajstić information content (AvgIpc) is 2.62. The molecule has 0 aliphatic rings. The molecule has 0 unspecified atom stereocenters. The highest BCUT2D eigenvalue weighted by molar-refractivity contribution is 6.74. The lowest BCUT2D eigenvalue weighted by molar-refractivity contribution is 0.0848. The van der Waals surface area contributed by atoms with Gasteiger partial charge < -0.3 is 18.0 Å². The third-order valence-corrected chi connectivity index (χ3v) is 6.18. The van der Waals surface area contributed by atoms with E-state index in [1.807, 2.05) is 69.3 Å². The molecule has 2 rings (SSSR count). The van der Waals surface area contributed by atoms with E-state index in [0.29, 0.717) is 37.6 Å². The van der Waals surface area contributed by atoms with E-state index in [2.05, 4.69) is 4.98 Å². The molecule has 24 heavy (non-hydrogen) atoms. The lowest BCUT2D eigenvalue weighted by Gasteiger charge is -2.27. The van der Waals surface area contributed by atoms with E-state index in [-0.39, 0.29) is 0 Å². The molecule has 6 heteroatoms. The van der Waals surface area contributed by atoms with Crippen LogP contribution in [0.1, 0.15) is 26.3 Å². The van der Waals surface area contributed by atoms with Crippen molar-refractivity contribution in [3.8, 4) is 5.88 Å². The van der Waals surface area contributed by atoms with Gasteiger partial charge in [-0.1, -0.05) is 36.4 Å². The van der Waals surface area contributed by atoms with Gasteiger partial charge in [-0.2, -0.15) is 0 Å². The second-order valence-electron chi connectivity index (χ2n) is 4.99. The first-order valence-electron chi connectivity index (χ1n) is 8.30. The van der Waals surface area contributed by atoms with Gasteiger partial charge in [-0.3, -0.25) is 0 Å². The Balaban J connectivity index is 2.19. The summed E-state index contributed by atoms with van der Waals surface area (Å²) in [7, 11) is -3.00. The highest BCUT2D eigenvalue weighted by atomic mass is 28.4. The number of hydrogen-bond acceptors (Lipinski definition) is 5. The summed E-state index contributed by atoms with van der Waals surface area (Å²) in [5, 5.41) is 0.679. The molecule has 0 fully saturated rings. The summed E-state index contributed by atoms with van der Waals surface area (Å²) >= 11 is 0. The van der Waals surface area contributed by atoms with Gasteiger partial charge >= 0.3 is 8.80 Å². The summed E-state index contributed by atoms with van der Waals surface area (Å²) in [5.41, 5.74) is 1.09. The molecular weight excluding hydrogens is 322 g/mol. The second kappa shape index (κ2) is 9.54. The molecule has 0 amide bonds. The quantitative estimate of drug-likeness (QED) is 0.619. The van der Waals surface area contributed by atoms with Crippen molar-refractivity contribution in [3.63, 3.8) is 0 Å². The molecule has 0 atom stereocenters. The number of benzene rings is 1. The largest absolute Gasteiger partial charge is 0.556 e. The van der Waals surface area contributed by atoms with E-state index < -0.39 is 8.80 Å². The maximum absolute atomic E-state index is 5.89. The Bertz CT molecular complexity index is 592. The number of rotatable bonds is 10. The molecule has 130 valence electrons. The number of aromatic nitrogens is 1. The fourth-order valence-corrected chi connectivity index (χ4v) is 4.70. The van der Waals surface area contributed by atoms with Gasteiger partial charge in [0.15, 0.2) is 0 Å². The summed E-state index contributed by atoms with van der Waals surface area (Å²) in [4.78, 5) is 4.58. The zero-order chi connectivity index (χ0) is 17.3. The molecule has 0 radical (unpaired) electrons. The van der Waals surface area contributed by atoms with Crippen LogP contribution in [-0.4, -0.2) is 33.6 Å². The molecule has 0 saturated carbocycles. The van der Waals surface area contributed by atoms with Gasteiger partial charge in [-0.15, -0.1) is 0 Å². The van der Waals surface area contributed by atoms with E-state index in [1.165, 1.54) is 0 Å². The summed E-state index contributed by atoms with van der Waals surface area (Å²) < 4.78 is 23.5. The average molecular weight is 347 g/mol. The molecule has 0 bridgehead atoms. The molecule has 2 aromatic rings. The minimum atomic E-state index is -3.00. The Morgan fingerprint density at radius 1 is 0.792 bits per heavy atom. The zero-order valence-electron chi connectivity index (χ0n) is 14.5. The van der Waals surface area contributed by atoms with E-state index in [1.54, 1.807) is 0 Å². The smallest absolute Gasteiger partial charge is 0.473 e. The first-order valence-corrected chi connectivity index (χ1v) is 10.0. The van der Waals surface area contributed by atoms with Crippen molar-refractivity contribution in [2.24, 2.45) is 0 Å². The van der Waals surface area contributed by atoms with Crippen LogP contribution in [0.2, 0.25) is 0 Å². The zero-order valence-corrected chi connectivity index (χ0v) is 15.5. The first kappa shape index (κ1) is 18.6. The molecule has 1 heterocycles. The Hall–Kier alpha value is -1.73. The van der Waals surface area contributed by atoms with Crippen molar-refractivity contribution in [2.75, 3.05) is 19.8 Å². The predicted molar refractivity (Wildman–Crippen MR) is 95.3 cm³/mol. The molecule has 1 aromatic carbocycles. The van der Waals surface area contributed by atoms with E-state index in [0.717, 1.165) is 5.56 Å². The van der Waals surface area contributed by atoms with Crippen molar-refractivity contribution in [3.05, 3.63) is 54.1 Å². The summed E-state index contributed by atoms with van der Waals surface area (Å²) in [5.74, 6) is 0.535. The topological polar surface area (TPSA) is 49.8 Å². The van der Waals surface area contributed by atoms with Gasteiger partial charge in [-0.25, -0.2) is 4.98 Å². The molecule has 0 N–H and O–H groups in total. The Morgan fingerprint density at radius 2 is 1.42 bits per heavy atom. The molecule has 5 nitrogen and oxygen atoms in total. The normalized spacial score (nSPS) is 11.5. The van der Waals surface area contributed by atoms with Crippen LogP contribution in [0.5, 0.6) is 5.88 Å². The standard InChI is InChI=1S/C18H25NO4Si/c1-4-21-24(22-5-2,23-6-3)18-14-10-13-17(19-18)20-15-16-11-8-7-9-12-16/h7-14H,4-6,15H2,1-3H3. The van der Waals surface area contributed by atoms with Crippen molar-refractivity contribution in [1.29, 1.82) is 0 Å². The molecule has 0 aliphatic heterocycles. The maximum Gasteiger partial charge on any atom is 0.556 e. The summed E-state index contributed by atoms with van der Waals surface area (Å²) in [6.45, 7) is 7.75. The van der Waals surface area contributed by atoms with Crippen LogP contribution >= 0.6 is 0 Å². The molecule has 1 aromatic heterocycles. The Kier molecular flexibility index (Phi) is 7.39. The van der Waals surface area contributed by atoms with Crippen LogP contribution in [0, 0.1) is 0 Å². The van der Waals surface area contributed by atoms with Crippen LogP contribution in [0.3, 0.4) is 0 Å². The third-order valence-electron chi connectivity index (χ3n) is 3.27. The fraction of sp³-hybridized carbons (Fsp3) is 0.389. The summed E-state index contributed by atoms with van der Waals surface area (Å²) in [6.07, 6.45) is 0. The number of pyridine rings is 1. The molecule has 0 spiro atoms. The first-order chi connectivity index (χ1) is 11.7. The molecule has 0 aliphatic carbocycles. The lowest BCUT2D eigenvalue weighted by Crippen LogP contribution is -2.58. The molecular formula is C18H25NO4Si. The van der Waals surface area contributed by atoms with Crippen LogP contribution in [-0.2, 0) is 19.9 Å². The Morgan fingerprint density at radius 3 is 2.00 bits per heavy atom. The fourth-order valence-electron chi connectivity index (χ4n) is 2.31. The van der Waals surface area contributed by atoms with E-state index in [9.17, 15) is 0 Å². The van der Waals surface area contributed by atoms with Gasteiger partial charge in [0, 0.05) is 25.9 Å². The minimum Gasteiger partial charge on any atom is -0.473 e. The Labute approximate surface area is 144 Å². The van der Waals surface area contributed by atoms with Gasteiger partial charge in [0.05, 0.1) is 0 Å². The highest BCUT2D eigenvalue weighted by Crippen LogP contribution is 2.13. The maximum atomic E-state index is 5.89. The minimum absolute atomic E-state index is 0.462. The van der Waals surface area contributed by atoms with Crippen LogP contribution in [0.4, 0.5) is 0 Å². The number of hydrogen-bond donors (Lipinski definition) is 0. The lowest BCUT2D eigenvalue weighted by atomic mass is 10.2. The van der Waals surface area contributed by atoms with Crippen molar-refractivity contribution in [1.82, 2.24) is 4.98 Å². The second-order valence-corrected chi connectivity index (χ2v) is 7.48. The van der Waals surface area contributed by atoms with E-state index in [4.69, 9.17) is 18.0 Å². The SMILES string of the molecule is CCO[Si](OCC)(OCC)c1cccc(OCc2ccccc2)n1. The van der Waals surface area contributed by atoms with Crippen molar-refractivity contribution < 1.29 is 18.0 Å². The van der Waals surface area contributed by atoms with Gasteiger partial charge in [0.25, 0.3) is 0 Å². The third kappa shape index (κ3) is 4.88. The summed E-state index contributed by atoms with van der Waals surface area (Å²) in [6, 6.07) is 15.6. The van der Waals surface area contributed by atoms with Gasteiger partial charge in [0.2, 0.25) is 5.88 Å². The van der Waals surface area contributed by atoms with Crippen molar-refractivity contribution >= 4 is 14.1 Å². The van der Waals surface area contributed by atoms with Gasteiger partial charge in [0.1, 0.15) is 11.9 Å². The van der Waals surface area contributed by atoms with Crippen LogP contribution in [0.15, 0.2) is 48.5 Å². The van der Waals surface area contributed by atoms with Crippen LogP contribution < -0.4 is 10.1 Å². The predicted octanol–water partition coefficient (Wildman–Crippen LogP) is 2.92. The van der Waals surface area contributed by atoms with Gasteiger partial charge in [-0.05, 0) is 32.4 Å². The highest BCUT2D eigenvalue weighted by Gasteiger charge is 2.45. The van der Waals surface area contributed by atoms with Crippen molar-refractivity contribution in [2.45, 2.75) is 27.4 Å². The monoisotopic (exact) mass is 347 g/mol. The van der Waals surface area contributed by atoms with Crippen LogP contribution in [0.25, 0.3) is 0 Å². The molecule has 0 saturated heterocycles. The number of nitrogens with zero attached hydrogens (tertiary/aromatic N) is 1. The number of ether oxygens (including phenoxy) is 1.